The predicted molar refractivity (Wildman–Crippen MR) is 116 cm³/mol. The summed E-state index contributed by atoms with van der Waals surface area (Å²) < 4.78 is 53.5. The van der Waals surface area contributed by atoms with Gasteiger partial charge < -0.3 is 9.97 Å². The molecule has 0 saturated heterocycles. The maximum atomic E-state index is 14.3. The number of nitrogens with one attached hydrogen (secondary N) is 2. The lowest BCUT2D eigenvalue weighted by atomic mass is 9.84. The Morgan fingerprint density at radius 3 is 2.10 bits per heavy atom. The van der Waals surface area contributed by atoms with Gasteiger partial charge in [-0.2, -0.15) is 13.2 Å². The molecule has 5 aromatic rings. The zero-order valence-corrected chi connectivity index (χ0v) is 16.7. The number of rotatable bonds is 3. The van der Waals surface area contributed by atoms with Gasteiger partial charge in [0.1, 0.15) is 5.82 Å². The van der Waals surface area contributed by atoms with Crippen LogP contribution in [0.15, 0.2) is 79.1 Å². The molecule has 0 atom stereocenters. The highest BCUT2D eigenvalue weighted by Gasteiger charge is 2.31. The number of halogens is 5. The molecule has 157 valence electrons. The number of fused-ring (bicyclic) bond motifs is 2. The van der Waals surface area contributed by atoms with Crippen LogP contribution >= 0.6 is 12.4 Å². The van der Waals surface area contributed by atoms with E-state index in [1.54, 1.807) is 18.3 Å². The Kier molecular flexibility index (Phi) is 5.27. The van der Waals surface area contributed by atoms with Crippen molar-refractivity contribution in [2.24, 2.45) is 0 Å². The smallest absolute Gasteiger partial charge is 0.361 e. The highest BCUT2D eigenvalue weighted by atomic mass is 35.5. The zero-order valence-electron chi connectivity index (χ0n) is 15.9. The minimum Gasteiger partial charge on any atom is -0.361 e. The average molecular weight is 444 g/mol. The molecule has 2 N–H and O–H groups in total. The third-order valence-electron chi connectivity index (χ3n) is 5.29. The summed E-state index contributed by atoms with van der Waals surface area (Å²) in [6.07, 6.45) is -0.887. The predicted octanol–water partition coefficient (Wildman–Crippen LogP) is 7.25. The van der Waals surface area contributed by atoms with E-state index in [0.29, 0.717) is 22.0 Å². The fraction of sp³-hybridized carbons (Fsp3) is 0.0417. The van der Waals surface area contributed by atoms with Crippen molar-refractivity contribution >= 4 is 34.2 Å². The van der Waals surface area contributed by atoms with E-state index < -0.39 is 11.7 Å². The topological polar surface area (TPSA) is 31.6 Å². The van der Waals surface area contributed by atoms with E-state index in [1.807, 2.05) is 30.5 Å². The highest BCUT2D eigenvalue weighted by molar-refractivity contribution is 5.93. The Hall–Kier alpha value is -3.25. The molecule has 2 aromatic heterocycles. The van der Waals surface area contributed by atoms with Crippen LogP contribution in [0.25, 0.3) is 21.8 Å². The number of hydrogen-bond donors (Lipinski definition) is 2. The monoisotopic (exact) mass is 443 g/mol. The van der Waals surface area contributed by atoms with Crippen molar-refractivity contribution in [3.8, 4) is 0 Å². The lowest BCUT2D eigenvalue weighted by molar-refractivity contribution is -0.137. The van der Waals surface area contributed by atoms with Crippen LogP contribution in [0.3, 0.4) is 0 Å². The van der Waals surface area contributed by atoms with E-state index in [0.717, 1.165) is 34.5 Å². The summed E-state index contributed by atoms with van der Waals surface area (Å²) in [7, 11) is 0. The van der Waals surface area contributed by atoms with Gasteiger partial charge in [-0.1, -0.05) is 42.5 Å². The number of alkyl halides is 3. The van der Waals surface area contributed by atoms with Crippen LogP contribution in [-0.4, -0.2) is 9.97 Å². The molecule has 0 aliphatic rings. The maximum Gasteiger partial charge on any atom is 0.416 e. The Bertz CT molecular complexity index is 1350. The third kappa shape index (κ3) is 3.57. The number of para-hydroxylation sites is 2. The van der Waals surface area contributed by atoms with Gasteiger partial charge in [-0.15, -0.1) is 12.4 Å². The Morgan fingerprint density at radius 2 is 1.35 bits per heavy atom. The third-order valence-corrected chi connectivity index (χ3v) is 5.29. The largest absolute Gasteiger partial charge is 0.416 e. The highest BCUT2D eigenvalue weighted by Crippen LogP contribution is 2.40. The van der Waals surface area contributed by atoms with Crippen molar-refractivity contribution in [2.45, 2.75) is 6.18 Å². The first-order chi connectivity index (χ1) is 14.4. The molecule has 7 heteroatoms. The molecule has 0 bridgehead atoms. The van der Waals surface area contributed by atoms with Crippen LogP contribution in [0.2, 0.25) is 0 Å². The number of benzene rings is 3. The molecule has 31 heavy (non-hydrogen) atoms. The Morgan fingerprint density at radius 1 is 0.710 bits per heavy atom. The van der Waals surface area contributed by atoms with Crippen molar-refractivity contribution in [2.75, 3.05) is 0 Å². The molecule has 0 aliphatic heterocycles. The molecular weight excluding hydrogens is 428 g/mol. The van der Waals surface area contributed by atoms with E-state index >= 15 is 0 Å². The van der Waals surface area contributed by atoms with Crippen LogP contribution < -0.4 is 0 Å². The van der Waals surface area contributed by atoms with E-state index in [1.165, 1.54) is 18.2 Å². The second kappa shape index (κ2) is 7.78. The van der Waals surface area contributed by atoms with Gasteiger partial charge in [0.25, 0.3) is 0 Å². The van der Waals surface area contributed by atoms with E-state index in [-0.39, 0.29) is 18.2 Å². The number of H-pyrrole nitrogens is 2. The molecule has 0 aliphatic carbocycles. The zero-order chi connectivity index (χ0) is 20.9. The van der Waals surface area contributed by atoms with Gasteiger partial charge in [-0.05, 0) is 41.0 Å². The van der Waals surface area contributed by atoms with Gasteiger partial charge in [0.15, 0.2) is 0 Å². The van der Waals surface area contributed by atoms with Crippen molar-refractivity contribution in [3.63, 3.8) is 0 Å². The summed E-state index contributed by atoms with van der Waals surface area (Å²) in [4.78, 5) is 6.18. The lowest BCUT2D eigenvalue weighted by Gasteiger charge is -2.17. The van der Waals surface area contributed by atoms with Crippen LogP contribution in [0.1, 0.15) is 22.3 Å². The molecular formula is C24H16ClF4N2. The number of aromatic amines is 2. The lowest BCUT2D eigenvalue weighted by Crippen LogP contribution is -2.07. The van der Waals surface area contributed by atoms with Crippen LogP contribution in [-0.2, 0) is 6.18 Å². The first-order valence-electron chi connectivity index (χ1n) is 9.30. The number of hydrogen-bond acceptors (Lipinski definition) is 0. The molecule has 0 fully saturated rings. The van der Waals surface area contributed by atoms with Gasteiger partial charge in [-0.3, -0.25) is 0 Å². The molecule has 2 nitrogen and oxygen atoms in total. The Labute approximate surface area is 181 Å². The quantitative estimate of drug-likeness (QED) is 0.275. The molecule has 2 heterocycles. The number of aromatic nitrogens is 2. The van der Waals surface area contributed by atoms with Gasteiger partial charge >= 0.3 is 6.18 Å². The summed E-state index contributed by atoms with van der Waals surface area (Å²) in [6.45, 7) is 0. The molecule has 3 aromatic carbocycles. The normalized spacial score (nSPS) is 11.9. The summed E-state index contributed by atoms with van der Waals surface area (Å²) in [5.74, 6) is 0.336. The molecule has 0 unspecified atom stereocenters. The van der Waals surface area contributed by atoms with Gasteiger partial charge in [0.05, 0.1) is 17.0 Å². The van der Waals surface area contributed by atoms with Gasteiger partial charge in [-0.25, -0.2) is 4.39 Å². The van der Waals surface area contributed by atoms with E-state index in [2.05, 4.69) is 9.97 Å². The molecule has 0 saturated carbocycles. The summed E-state index contributed by atoms with van der Waals surface area (Å²) in [6, 6.07) is 17.5. The van der Waals surface area contributed by atoms with Crippen molar-refractivity contribution in [1.29, 1.82) is 0 Å². The van der Waals surface area contributed by atoms with Crippen molar-refractivity contribution < 1.29 is 17.6 Å². The molecule has 0 spiro atoms. The maximum absolute atomic E-state index is 14.3. The minimum atomic E-state index is -4.41. The van der Waals surface area contributed by atoms with Crippen molar-refractivity contribution in [3.05, 3.63) is 113 Å². The second-order valence-electron chi connectivity index (χ2n) is 7.06. The van der Waals surface area contributed by atoms with Gasteiger partial charge in [0, 0.05) is 28.7 Å². The SMILES string of the molecule is Cl.Fc1cccc2c([C](c3ccc(C(F)(F)F)cc3)c3c[nH]c4ccccc34)c[nH]c12. The first-order valence-corrected chi connectivity index (χ1v) is 9.30. The average Bonchev–Trinajstić information content (AvgIpc) is 3.34. The van der Waals surface area contributed by atoms with Crippen molar-refractivity contribution in [1.82, 2.24) is 9.97 Å². The summed E-state index contributed by atoms with van der Waals surface area (Å²) in [5, 5.41) is 1.59. The molecule has 1 radical (unpaired) electrons. The Balaban J connectivity index is 0.00000231. The molecule has 5 rings (SSSR count). The summed E-state index contributed by atoms with van der Waals surface area (Å²) in [5.41, 5.74) is 2.71. The van der Waals surface area contributed by atoms with Gasteiger partial charge in [0.2, 0.25) is 0 Å². The van der Waals surface area contributed by atoms with E-state index in [9.17, 15) is 17.6 Å². The van der Waals surface area contributed by atoms with Crippen LogP contribution in [0, 0.1) is 11.7 Å². The van der Waals surface area contributed by atoms with Crippen LogP contribution in [0.4, 0.5) is 17.6 Å². The fourth-order valence-corrected chi connectivity index (χ4v) is 3.88. The second-order valence-corrected chi connectivity index (χ2v) is 7.06. The fourth-order valence-electron chi connectivity index (χ4n) is 3.88. The summed E-state index contributed by atoms with van der Waals surface area (Å²) >= 11 is 0. The first kappa shape index (κ1) is 21.0. The standard InChI is InChI=1S/C24H15F4N2.ClH/c25-20-6-3-5-17-19(13-30-23(17)20)22(14-8-10-15(11-9-14)24(26,27)28)18-12-29-21-7-2-1-4-16(18)21;/h1-13,29-30H;1H. The van der Waals surface area contributed by atoms with E-state index in [4.69, 9.17) is 0 Å². The van der Waals surface area contributed by atoms with Crippen LogP contribution in [0.5, 0.6) is 0 Å². The molecule has 0 amide bonds. The minimum absolute atomic E-state index is 0.